The molecular formula is C18H16Cl2N2O5. The van der Waals surface area contributed by atoms with Gasteiger partial charge in [-0.2, -0.15) is 0 Å². The minimum Gasteiger partial charge on any atom is -0.482 e. The third-order valence-corrected chi connectivity index (χ3v) is 3.84. The van der Waals surface area contributed by atoms with Gasteiger partial charge in [0.05, 0.1) is 10.0 Å². The second kappa shape index (κ2) is 9.34. The molecule has 0 aliphatic rings. The van der Waals surface area contributed by atoms with Crippen molar-refractivity contribution in [2.24, 2.45) is 0 Å². The van der Waals surface area contributed by atoms with Crippen LogP contribution >= 0.6 is 23.2 Å². The number of amides is 1. The Morgan fingerprint density at radius 3 is 2.44 bits per heavy atom. The molecule has 1 heterocycles. The topological polar surface area (TPSA) is 94.6 Å². The lowest BCUT2D eigenvalue weighted by Crippen LogP contribution is -2.32. The SMILES string of the molecule is CC(=O)c1ccc(OCC(=O)O[C@H](C)C(=O)Nc2ncc(Cl)cc2Cl)cc1. The van der Waals surface area contributed by atoms with Crippen molar-refractivity contribution in [2.45, 2.75) is 20.0 Å². The lowest BCUT2D eigenvalue weighted by molar-refractivity contribution is -0.155. The normalized spacial score (nSPS) is 11.4. The molecule has 0 fully saturated rings. The summed E-state index contributed by atoms with van der Waals surface area (Å²) in [6.07, 6.45) is 0.236. The molecule has 1 N–H and O–H groups in total. The molecule has 142 valence electrons. The zero-order chi connectivity index (χ0) is 20.0. The van der Waals surface area contributed by atoms with Gasteiger partial charge in [0.1, 0.15) is 5.75 Å². The summed E-state index contributed by atoms with van der Waals surface area (Å²) in [6.45, 7) is 2.46. The number of nitrogens with one attached hydrogen (secondary N) is 1. The van der Waals surface area contributed by atoms with Gasteiger partial charge in [-0.1, -0.05) is 23.2 Å². The van der Waals surface area contributed by atoms with Crippen molar-refractivity contribution in [3.05, 3.63) is 52.1 Å². The van der Waals surface area contributed by atoms with Crippen LogP contribution in [0.15, 0.2) is 36.5 Å². The second-order valence-corrected chi connectivity index (χ2v) is 6.32. The predicted octanol–water partition coefficient (Wildman–Crippen LogP) is 3.54. The Labute approximate surface area is 165 Å². The smallest absolute Gasteiger partial charge is 0.344 e. The zero-order valence-electron chi connectivity index (χ0n) is 14.5. The number of pyridine rings is 1. The fourth-order valence-electron chi connectivity index (χ4n) is 1.94. The summed E-state index contributed by atoms with van der Waals surface area (Å²) in [5.41, 5.74) is 0.532. The van der Waals surface area contributed by atoms with E-state index in [1.807, 2.05) is 0 Å². The number of aromatic nitrogens is 1. The second-order valence-electron chi connectivity index (χ2n) is 5.47. The van der Waals surface area contributed by atoms with E-state index in [9.17, 15) is 14.4 Å². The van der Waals surface area contributed by atoms with Crippen LogP contribution in [0.3, 0.4) is 0 Å². The maximum atomic E-state index is 12.1. The fourth-order valence-corrected chi connectivity index (χ4v) is 2.37. The highest BCUT2D eigenvalue weighted by atomic mass is 35.5. The number of benzene rings is 1. The van der Waals surface area contributed by atoms with E-state index >= 15 is 0 Å². The van der Waals surface area contributed by atoms with Crippen molar-refractivity contribution < 1.29 is 23.9 Å². The molecule has 7 nitrogen and oxygen atoms in total. The van der Waals surface area contributed by atoms with Crippen molar-refractivity contribution in [3.63, 3.8) is 0 Å². The Kier molecular flexibility index (Phi) is 7.15. The lowest BCUT2D eigenvalue weighted by atomic mass is 10.1. The monoisotopic (exact) mass is 410 g/mol. The molecule has 2 aromatic rings. The van der Waals surface area contributed by atoms with Crippen molar-refractivity contribution in [1.29, 1.82) is 0 Å². The van der Waals surface area contributed by atoms with Crippen LogP contribution in [0.2, 0.25) is 10.0 Å². The fraction of sp³-hybridized carbons (Fsp3) is 0.222. The highest BCUT2D eigenvalue weighted by Crippen LogP contribution is 2.22. The van der Waals surface area contributed by atoms with Crippen LogP contribution in [0.4, 0.5) is 5.82 Å². The van der Waals surface area contributed by atoms with Gasteiger partial charge in [-0.15, -0.1) is 0 Å². The quantitative estimate of drug-likeness (QED) is 0.553. The van der Waals surface area contributed by atoms with E-state index in [2.05, 4.69) is 10.3 Å². The molecule has 0 unspecified atom stereocenters. The Bertz CT molecular complexity index is 855. The summed E-state index contributed by atoms with van der Waals surface area (Å²) in [4.78, 5) is 39.0. The van der Waals surface area contributed by atoms with E-state index in [1.165, 1.54) is 26.1 Å². The van der Waals surface area contributed by atoms with E-state index in [1.54, 1.807) is 24.3 Å². The van der Waals surface area contributed by atoms with Crippen LogP contribution in [-0.2, 0) is 14.3 Å². The molecule has 9 heteroatoms. The number of Topliss-reactive ketones (excluding diaryl/α,β-unsaturated/α-hetero) is 1. The molecule has 1 aromatic carbocycles. The van der Waals surface area contributed by atoms with E-state index in [4.69, 9.17) is 32.7 Å². The van der Waals surface area contributed by atoms with E-state index < -0.39 is 24.6 Å². The molecular weight excluding hydrogens is 395 g/mol. The first kappa shape index (κ1) is 20.7. The van der Waals surface area contributed by atoms with E-state index in [0.717, 1.165) is 0 Å². The van der Waals surface area contributed by atoms with E-state index in [-0.39, 0.29) is 16.6 Å². The minimum absolute atomic E-state index is 0.0731. The number of rotatable bonds is 7. The number of carbonyl (C=O) groups is 3. The van der Waals surface area contributed by atoms with Crippen LogP contribution in [0.1, 0.15) is 24.2 Å². The molecule has 1 aromatic heterocycles. The van der Waals surface area contributed by atoms with Crippen LogP contribution in [0.25, 0.3) is 0 Å². The van der Waals surface area contributed by atoms with Gasteiger partial charge in [-0.25, -0.2) is 9.78 Å². The molecule has 0 bridgehead atoms. The number of hydrogen-bond acceptors (Lipinski definition) is 6. The van der Waals surface area contributed by atoms with Gasteiger partial charge in [0.2, 0.25) is 0 Å². The largest absolute Gasteiger partial charge is 0.482 e. The Morgan fingerprint density at radius 1 is 1.19 bits per heavy atom. The molecule has 0 saturated carbocycles. The first-order valence-electron chi connectivity index (χ1n) is 7.81. The maximum Gasteiger partial charge on any atom is 0.344 e. The molecule has 0 spiro atoms. The standard InChI is InChI=1S/C18H16Cl2N2O5/c1-10(23)12-3-5-14(6-4-12)26-9-16(24)27-11(2)18(25)22-17-15(20)7-13(19)8-21-17/h3-8,11H,9H2,1-2H3,(H,21,22,25)/t11-/m1/s1. The molecule has 0 radical (unpaired) electrons. The molecule has 2 rings (SSSR count). The van der Waals surface area contributed by atoms with Crippen molar-refractivity contribution in [3.8, 4) is 5.75 Å². The van der Waals surface area contributed by atoms with Gasteiger partial charge < -0.3 is 14.8 Å². The summed E-state index contributed by atoms with van der Waals surface area (Å²) in [5.74, 6) is -0.910. The average molecular weight is 411 g/mol. The van der Waals surface area contributed by atoms with Gasteiger partial charge in [0.15, 0.2) is 24.3 Å². The van der Waals surface area contributed by atoms with Gasteiger partial charge in [0.25, 0.3) is 5.91 Å². The van der Waals surface area contributed by atoms with Crippen molar-refractivity contribution in [1.82, 2.24) is 4.98 Å². The third kappa shape index (κ3) is 6.23. The number of halogens is 2. The lowest BCUT2D eigenvalue weighted by Gasteiger charge is -2.14. The Morgan fingerprint density at radius 2 is 1.85 bits per heavy atom. The van der Waals surface area contributed by atoms with Crippen LogP contribution < -0.4 is 10.1 Å². The zero-order valence-corrected chi connectivity index (χ0v) is 16.0. The predicted molar refractivity (Wildman–Crippen MR) is 100 cm³/mol. The first-order chi connectivity index (χ1) is 12.8. The average Bonchev–Trinajstić information content (AvgIpc) is 2.62. The molecule has 0 aliphatic carbocycles. The summed E-state index contributed by atoms with van der Waals surface area (Å²) < 4.78 is 10.3. The summed E-state index contributed by atoms with van der Waals surface area (Å²) in [6, 6.07) is 7.72. The van der Waals surface area contributed by atoms with E-state index in [0.29, 0.717) is 16.3 Å². The van der Waals surface area contributed by atoms with Gasteiger partial charge in [0, 0.05) is 11.8 Å². The molecule has 1 atom stereocenters. The summed E-state index contributed by atoms with van der Waals surface area (Å²) >= 11 is 11.7. The first-order valence-corrected chi connectivity index (χ1v) is 8.57. The van der Waals surface area contributed by atoms with Crippen molar-refractivity contribution >= 4 is 46.7 Å². The number of nitrogens with zero attached hydrogens (tertiary/aromatic N) is 1. The number of hydrogen-bond donors (Lipinski definition) is 1. The summed E-state index contributed by atoms with van der Waals surface area (Å²) in [5, 5.41) is 2.93. The number of ketones is 1. The number of anilines is 1. The van der Waals surface area contributed by atoms with Gasteiger partial charge >= 0.3 is 5.97 Å². The Balaban J connectivity index is 1.83. The van der Waals surface area contributed by atoms with Crippen LogP contribution in [0.5, 0.6) is 5.75 Å². The Hall–Kier alpha value is -2.64. The highest BCUT2D eigenvalue weighted by molar-refractivity contribution is 6.36. The molecule has 27 heavy (non-hydrogen) atoms. The number of carbonyl (C=O) groups excluding carboxylic acids is 3. The highest BCUT2D eigenvalue weighted by Gasteiger charge is 2.19. The van der Waals surface area contributed by atoms with Crippen LogP contribution in [0, 0.1) is 0 Å². The molecule has 0 aliphatic heterocycles. The minimum atomic E-state index is -1.09. The number of esters is 1. The number of ether oxygens (including phenoxy) is 2. The molecule has 1 amide bonds. The van der Waals surface area contributed by atoms with Gasteiger partial charge in [-0.3, -0.25) is 9.59 Å². The molecule has 0 saturated heterocycles. The van der Waals surface area contributed by atoms with Crippen LogP contribution in [-0.4, -0.2) is 35.4 Å². The van der Waals surface area contributed by atoms with Crippen molar-refractivity contribution in [2.75, 3.05) is 11.9 Å². The van der Waals surface area contributed by atoms with Gasteiger partial charge in [-0.05, 0) is 44.2 Å². The summed E-state index contributed by atoms with van der Waals surface area (Å²) in [7, 11) is 0. The maximum absolute atomic E-state index is 12.1. The third-order valence-electron chi connectivity index (χ3n) is 3.34.